The molecule has 0 fully saturated rings. The summed E-state index contributed by atoms with van der Waals surface area (Å²) in [6.45, 7) is 0. The number of nitrogens with two attached hydrogens (primary N) is 1. The zero-order valence-electron chi connectivity index (χ0n) is 12.4. The summed E-state index contributed by atoms with van der Waals surface area (Å²) in [5.41, 5.74) is 13.8. The summed E-state index contributed by atoms with van der Waals surface area (Å²) in [6, 6.07) is 17.2. The molecule has 0 saturated carbocycles. The predicted octanol–water partition coefficient (Wildman–Crippen LogP) is 5.08. The maximum absolute atomic E-state index is 6.11. The van der Waals surface area contributed by atoms with Crippen LogP contribution in [-0.4, -0.2) is 5.84 Å². The zero-order chi connectivity index (χ0) is 15.1. The molecule has 23 heavy (non-hydrogen) atoms. The van der Waals surface area contributed by atoms with Crippen LogP contribution in [0.5, 0.6) is 0 Å². The standard InChI is InChI=1S/C19H15BrN2.BrH/c20-18-10-16-14-7-3-1-5-12(14)9-13-6-2-4-8-15(13)17(16)11-19(21)22-18;/h1-8,10H,9,11H2,(H2,21,22);1H. The molecule has 1 heterocycles. The van der Waals surface area contributed by atoms with Crippen molar-refractivity contribution >= 4 is 49.9 Å². The molecule has 0 unspecified atom stereocenters. The Morgan fingerprint density at radius 3 is 2.22 bits per heavy atom. The molecule has 0 aromatic heterocycles. The third kappa shape index (κ3) is 2.93. The van der Waals surface area contributed by atoms with Gasteiger partial charge in [0.25, 0.3) is 0 Å². The van der Waals surface area contributed by atoms with Gasteiger partial charge in [-0.3, -0.25) is 0 Å². The van der Waals surface area contributed by atoms with Crippen molar-refractivity contribution in [3.63, 3.8) is 0 Å². The first-order valence-corrected chi connectivity index (χ1v) is 8.11. The van der Waals surface area contributed by atoms with E-state index in [9.17, 15) is 0 Å². The molecular formula is C19H16Br2N2. The molecule has 2 aromatic rings. The maximum atomic E-state index is 6.11. The Kier molecular flexibility index (Phi) is 4.55. The minimum atomic E-state index is 0. The van der Waals surface area contributed by atoms with Crippen LogP contribution in [0.25, 0.3) is 11.1 Å². The highest BCUT2D eigenvalue weighted by molar-refractivity contribution is 9.11. The van der Waals surface area contributed by atoms with Crippen molar-refractivity contribution in [3.8, 4) is 0 Å². The molecule has 0 atom stereocenters. The average molecular weight is 432 g/mol. The van der Waals surface area contributed by atoms with E-state index in [1.807, 2.05) is 0 Å². The smallest absolute Gasteiger partial charge is 0.108 e. The van der Waals surface area contributed by atoms with Crippen molar-refractivity contribution in [2.75, 3.05) is 0 Å². The quantitative estimate of drug-likeness (QED) is 0.580. The lowest BCUT2D eigenvalue weighted by Gasteiger charge is -2.12. The van der Waals surface area contributed by atoms with Gasteiger partial charge >= 0.3 is 0 Å². The zero-order valence-corrected chi connectivity index (χ0v) is 15.7. The number of benzene rings is 2. The topological polar surface area (TPSA) is 38.4 Å². The number of hydrogen-bond acceptors (Lipinski definition) is 2. The van der Waals surface area contributed by atoms with E-state index < -0.39 is 0 Å². The second-order valence-electron chi connectivity index (χ2n) is 5.63. The molecular weight excluding hydrogens is 416 g/mol. The molecule has 2 aromatic carbocycles. The fourth-order valence-corrected chi connectivity index (χ4v) is 3.74. The molecule has 0 spiro atoms. The number of fused-ring (bicyclic) bond motifs is 4. The maximum Gasteiger partial charge on any atom is 0.108 e. The van der Waals surface area contributed by atoms with Crippen molar-refractivity contribution in [2.45, 2.75) is 12.8 Å². The number of rotatable bonds is 0. The minimum Gasteiger partial charge on any atom is -0.387 e. The predicted molar refractivity (Wildman–Crippen MR) is 106 cm³/mol. The van der Waals surface area contributed by atoms with Crippen LogP contribution in [0.15, 0.2) is 64.2 Å². The lowest BCUT2D eigenvalue weighted by Crippen LogP contribution is -2.12. The number of nitrogens with zero attached hydrogens (tertiary/aromatic N) is 1. The van der Waals surface area contributed by atoms with Crippen LogP contribution in [0.4, 0.5) is 0 Å². The fraction of sp³-hybridized carbons (Fsp3) is 0.105. The van der Waals surface area contributed by atoms with Crippen LogP contribution in [0, 0.1) is 0 Å². The van der Waals surface area contributed by atoms with Gasteiger partial charge in [-0.1, -0.05) is 48.5 Å². The van der Waals surface area contributed by atoms with Crippen molar-refractivity contribution in [1.29, 1.82) is 0 Å². The van der Waals surface area contributed by atoms with Crippen molar-refractivity contribution in [1.82, 2.24) is 0 Å². The van der Waals surface area contributed by atoms with Crippen LogP contribution in [0.1, 0.15) is 28.7 Å². The Morgan fingerprint density at radius 1 is 0.870 bits per heavy atom. The first-order valence-electron chi connectivity index (χ1n) is 7.32. The van der Waals surface area contributed by atoms with Gasteiger partial charge in [0.05, 0.1) is 0 Å². The highest BCUT2D eigenvalue weighted by atomic mass is 79.9. The van der Waals surface area contributed by atoms with Crippen LogP contribution in [0.3, 0.4) is 0 Å². The van der Waals surface area contributed by atoms with E-state index in [4.69, 9.17) is 5.73 Å². The van der Waals surface area contributed by atoms with Crippen molar-refractivity contribution in [2.24, 2.45) is 10.7 Å². The molecule has 4 heteroatoms. The Hall–Kier alpha value is -1.65. The number of halogens is 2. The van der Waals surface area contributed by atoms with Gasteiger partial charge in [0.15, 0.2) is 0 Å². The highest BCUT2D eigenvalue weighted by Gasteiger charge is 2.22. The van der Waals surface area contributed by atoms with E-state index in [0.29, 0.717) is 12.3 Å². The molecule has 0 saturated heterocycles. The molecule has 0 radical (unpaired) electrons. The lowest BCUT2D eigenvalue weighted by molar-refractivity contribution is 1.18. The number of allylic oxidation sites excluding steroid dienone is 2. The Balaban J connectivity index is 0.00000156. The summed E-state index contributed by atoms with van der Waals surface area (Å²) >= 11 is 3.52. The summed E-state index contributed by atoms with van der Waals surface area (Å²) in [7, 11) is 0. The SMILES string of the molecule is Br.NC1=NC(Br)=CC2=C(C1)c1ccccc1Cc1ccccc12. The van der Waals surface area contributed by atoms with E-state index in [-0.39, 0.29) is 17.0 Å². The summed E-state index contributed by atoms with van der Waals surface area (Å²) in [5, 5.41) is 0. The molecule has 1 aliphatic carbocycles. The number of aliphatic imine (C=N–C) groups is 1. The molecule has 0 bridgehead atoms. The van der Waals surface area contributed by atoms with Crippen LogP contribution >= 0.6 is 32.9 Å². The van der Waals surface area contributed by atoms with Crippen LogP contribution < -0.4 is 5.73 Å². The van der Waals surface area contributed by atoms with Crippen molar-refractivity contribution < 1.29 is 0 Å². The monoisotopic (exact) mass is 430 g/mol. The summed E-state index contributed by atoms with van der Waals surface area (Å²) in [6.07, 6.45) is 3.71. The fourth-order valence-electron chi connectivity index (χ4n) is 3.28. The average Bonchev–Trinajstić information content (AvgIpc) is 2.73. The third-order valence-corrected chi connectivity index (χ3v) is 4.63. The van der Waals surface area contributed by atoms with E-state index in [2.05, 4.69) is 75.5 Å². The molecule has 116 valence electrons. The largest absolute Gasteiger partial charge is 0.387 e. The Morgan fingerprint density at radius 2 is 1.48 bits per heavy atom. The normalized spacial score (nSPS) is 15.9. The molecule has 2 nitrogen and oxygen atoms in total. The van der Waals surface area contributed by atoms with E-state index >= 15 is 0 Å². The van der Waals surface area contributed by atoms with Gasteiger partial charge in [0.2, 0.25) is 0 Å². The van der Waals surface area contributed by atoms with Crippen LogP contribution in [0.2, 0.25) is 0 Å². The van der Waals surface area contributed by atoms with Gasteiger partial charge < -0.3 is 5.73 Å². The van der Waals surface area contributed by atoms with Gasteiger partial charge in [-0.25, -0.2) is 4.99 Å². The Labute approximate surface area is 154 Å². The third-order valence-electron chi connectivity index (χ3n) is 4.23. The van der Waals surface area contributed by atoms with E-state index in [1.54, 1.807) is 0 Å². The van der Waals surface area contributed by atoms with E-state index in [1.165, 1.54) is 33.4 Å². The Bertz CT molecular complexity index is 863. The van der Waals surface area contributed by atoms with E-state index in [0.717, 1.165) is 11.0 Å². The summed E-state index contributed by atoms with van der Waals surface area (Å²) in [5.74, 6) is 0.641. The highest BCUT2D eigenvalue weighted by Crippen LogP contribution is 2.40. The molecule has 1 aliphatic heterocycles. The number of hydrogen-bond donors (Lipinski definition) is 1. The second-order valence-corrected chi connectivity index (χ2v) is 6.44. The van der Waals surface area contributed by atoms with Gasteiger partial charge in [-0.2, -0.15) is 0 Å². The summed E-state index contributed by atoms with van der Waals surface area (Å²) in [4.78, 5) is 4.41. The molecule has 2 aliphatic rings. The van der Waals surface area contributed by atoms with Gasteiger partial charge in [0, 0.05) is 6.42 Å². The first-order chi connectivity index (χ1) is 10.7. The van der Waals surface area contributed by atoms with Gasteiger partial charge in [0.1, 0.15) is 10.4 Å². The first kappa shape index (κ1) is 16.2. The van der Waals surface area contributed by atoms with Gasteiger partial charge in [-0.05, 0) is 61.8 Å². The molecule has 4 rings (SSSR count). The number of amidine groups is 1. The van der Waals surface area contributed by atoms with Crippen LogP contribution in [-0.2, 0) is 6.42 Å². The summed E-state index contributed by atoms with van der Waals surface area (Å²) < 4.78 is 0.782. The minimum absolute atomic E-state index is 0. The van der Waals surface area contributed by atoms with Crippen molar-refractivity contribution in [3.05, 3.63) is 81.5 Å². The molecule has 0 amide bonds. The van der Waals surface area contributed by atoms with Gasteiger partial charge in [-0.15, -0.1) is 17.0 Å². The lowest BCUT2D eigenvalue weighted by atomic mass is 9.92. The molecule has 2 N–H and O–H groups in total. The second kappa shape index (κ2) is 6.46.